The first kappa shape index (κ1) is 30.3. The van der Waals surface area contributed by atoms with Gasteiger partial charge in [0.15, 0.2) is 0 Å². The number of carbonyl (C=O) groups is 4. The molecule has 12 nitrogen and oxygen atoms in total. The number of carboxylic acids is 1. The number of carbonyl (C=O) groups excluding carboxylic acids is 3. The smallest absolute Gasteiger partial charge is 0.408 e. The van der Waals surface area contributed by atoms with E-state index in [2.05, 4.69) is 15.7 Å². The molecule has 0 unspecified atom stereocenters. The Morgan fingerprint density at radius 1 is 1.17 bits per heavy atom. The summed E-state index contributed by atoms with van der Waals surface area (Å²) >= 11 is 0. The SMILES string of the molecule is Cc1cc(C)c(=O)n([C@@H]2C[C@H]3C(=O)N[C@]4(C(=O)O)C[C@H]4/C=C\CCCCC[C@H](NC(=O)OC(C)(C)C)C(=O)N3C2)n1. The highest BCUT2D eigenvalue weighted by Gasteiger charge is 2.61. The molecule has 0 spiro atoms. The van der Waals surface area contributed by atoms with Gasteiger partial charge in [0.2, 0.25) is 11.8 Å². The molecule has 4 rings (SSSR count). The second kappa shape index (κ2) is 11.7. The second-order valence-corrected chi connectivity index (χ2v) is 12.5. The molecule has 3 aliphatic rings. The highest BCUT2D eigenvalue weighted by Crippen LogP contribution is 2.45. The van der Waals surface area contributed by atoms with Crippen molar-refractivity contribution in [3.8, 4) is 0 Å². The van der Waals surface area contributed by atoms with Gasteiger partial charge in [0.1, 0.15) is 23.2 Å². The molecule has 12 heteroatoms. The largest absolute Gasteiger partial charge is 0.479 e. The third-order valence-corrected chi connectivity index (χ3v) is 7.91. The number of aromatic nitrogens is 2. The van der Waals surface area contributed by atoms with Gasteiger partial charge in [0.25, 0.3) is 5.56 Å². The van der Waals surface area contributed by atoms with Crippen molar-refractivity contribution >= 4 is 23.9 Å². The van der Waals surface area contributed by atoms with Gasteiger partial charge in [-0.15, -0.1) is 0 Å². The average molecular weight is 572 g/mol. The number of amides is 3. The predicted octanol–water partition coefficient (Wildman–Crippen LogP) is 2.38. The van der Waals surface area contributed by atoms with Crippen LogP contribution in [0.2, 0.25) is 0 Å². The summed E-state index contributed by atoms with van der Waals surface area (Å²) in [7, 11) is 0. The van der Waals surface area contributed by atoms with Gasteiger partial charge in [-0.3, -0.25) is 14.4 Å². The van der Waals surface area contributed by atoms with Crippen LogP contribution in [0.15, 0.2) is 23.0 Å². The second-order valence-electron chi connectivity index (χ2n) is 12.5. The highest BCUT2D eigenvalue weighted by atomic mass is 16.6. The van der Waals surface area contributed by atoms with E-state index in [1.165, 1.54) is 9.58 Å². The fourth-order valence-electron chi connectivity index (χ4n) is 5.75. The van der Waals surface area contributed by atoms with Crippen molar-refractivity contribution in [1.82, 2.24) is 25.3 Å². The van der Waals surface area contributed by atoms with Crippen LogP contribution in [0.3, 0.4) is 0 Å². The number of nitrogens with zero attached hydrogens (tertiary/aromatic N) is 3. The Labute approximate surface area is 239 Å². The lowest BCUT2D eigenvalue weighted by atomic mass is 10.0. The van der Waals surface area contributed by atoms with Crippen LogP contribution in [0.5, 0.6) is 0 Å². The van der Waals surface area contributed by atoms with Gasteiger partial charge in [-0.05, 0) is 66.4 Å². The maximum absolute atomic E-state index is 14.1. The Hall–Kier alpha value is -3.70. The van der Waals surface area contributed by atoms with Crippen molar-refractivity contribution in [2.75, 3.05) is 6.54 Å². The maximum Gasteiger partial charge on any atom is 0.408 e. The molecule has 224 valence electrons. The molecule has 3 N–H and O–H groups in total. The zero-order valence-electron chi connectivity index (χ0n) is 24.4. The lowest BCUT2D eigenvalue weighted by Gasteiger charge is -2.30. The van der Waals surface area contributed by atoms with Gasteiger partial charge in [-0.2, -0.15) is 5.10 Å². The van der Waals surface area contributed by atoms with Gasteiger partial charge in [-0.1, -0.05) is 25.0 Å². The Morgan fingerprint density at radius 3 is 2.59 bits per heavy atom. The van der Waals surface area contributed by atoms with Crippen LogP contribution >= 0.6 is 0 Å². The van der Waals surface area contributed by atoms with Gasteiger partial charge in [-0.25, -0.2) is 14.3 Å². The monoisotopic (exact) mass is 571 g/mol. The molecule has 1 aliphatic carbocycles. The molecule has 1 aromatic rings. The molecule has 2 fully saturated rings. The van der Waals surface area contributed by atoms with E-state index in [1.807, 2.05) is 12.2 Å². The molecule has 1 aromatic heterocycles. The molecule has 2 aliphatic heterocycles. The first-order valence-corrected chi connectivity index (χ1v) is 14.3. The summed E-state index contributed by atoms with van der Waals surface area (Å²) in [6.07, 6.45) is 6.73. The number of hydrogen-bond donors (Lipinski definition) is 3. The van der Waals surface area contributed by atoms with Crippen LogP contribution in [-0.2, 0) is 19.1 Å². The minimum Gasteiger partial charge on any atom is -0.479 e. The van der Waals surface area contributed by atoms with E-state index in [4.69, 9.17) is 4.74 Å². The van der Waals surface area contributed by atoms with Crippen LogP contribution in [0.4, 0.5) is 4.79 Å². The maximum atomic E-state index is 14.1. The molecule has 3 heterocycles. The number of nitrogens with one attached hydrogen (secondary N) is 2. The molecular weight excluding hydrogens is 530 g/mol. The number of alkyl carbamates (subject to hydrolysis) is 1. The number of rotatable bonds is 3. The Bertz CT molecular complexity index is 1300. The number of carboxylic acid groups (broad SMARTS) is 1. The van der Waals surface area contributed by atoms with E-state index in [-0.39, 0.29) is 30.9 Å². The molecular formula is C29H41N5O7. The van der Waals surface area contributed by atoms with Crippen molar-refractivity contribution in [1.29, 1.82) is 0 Å². The summed E-state index contributed by atoms with van der Waals surface area (Å²) in [6, 6.07) is -0.969. The highest BCUT2D eigenvalue weighted by molar-refractivity contribution is 5.96. The molecule has 1 saturated heterocycles. The van der Waals surface area contributed by atoms with Crippen molar-refractivity contribution in [2.24, 2.45) is 5.92 Å². The van der Waals surface area contributed by atoms with Crippen LogP contribution in [0.1, 0.15) is 83.0 Å². The van der Waals surface area contributed by atoms with E-state index in [0.717, 1.165) is 19.3 Å². The summed E-state index contributed by atoms with van der Waals surface area (Å²) in [5, 5.41) is 19.8. The fourth-order valence-corrected chi connectivity index (χ4v) is 5.75. The minimum absolute atomic E-state index is 0.00260. The lowest BCUT2D eigenvalue weighted by molar-refractivity contribution is -0.145. The number of allylic oxidation sites excluding steroid dienone is 1. The molecule has 41 heavy (non-hydrogen) atoms. The Morgan fingerprint density at radius 2 is 1.90 bits per heavy atom. The van der Waals surface area contributed by atoms with Crippen LogP contribution < -0.4 is 16.2 Å². The third-order valence-electron chi connectivity index (χ3n) is 7.91. The van der Waals surface area contributed by atoms with Crippen molar-refractivity contribution in [3.05, 3.63) is 39.8 Å². The van der Waals surface area contributed by atoms with Crippen LogP contribution in [0, 0.1) is 19.8 Å². The van der Waals surface area contributed by atoms with Crippen molar-refractivity contribution < 1.29 is 29.0 Å². The van der Waals surface area contributed by atoms with E-state index in [9.17, 15) is 29.1 Å². The van der Waals surface area contributed by atoms with Crippen LogP contribution in [0.25, 0.3) is 0 Å². The molecule has 3 amide bonds. The number of aryl methyl sites for hydroxylation is 2. The third kappa shape index (κ3) is 6.79. The fraction of sp³-hybridized carbons (Fsp3) is 0.655. The number of hydrogen-bond acceptors (Lipinski definition) is 7. The van der Waals surface area contributed by atoms with Crippen molar-refractivity contribution in [3.63, 3.8) is 0 Å². The van der Waals surface area contributed by atoms with Crippen LogP contribution in [-0.4, -0.2) is 73.4 Å². The normalized spacial score (nSPS) is 29.7. The molecule has 0 aromatic carbocycles. The van der Waals surface area contributed by atoms with E-state index in [0.29, 0.717) is 24.1 Å². The zero-order valence-corrected chi connectivity index (χ0v) is 24.4. The summed E-state index contributed by atoms with van der Waals surface area (Å²) in [5.41, 5.74) is -1.44. The number of aliphatic carboxylic acids is 1. The Balaban J connectivity index is 1.69. The van der Waals surface area contributed by atoms with E-state index in [1.54, 1.807) is 40.7 Å². The number of ether oxygens (including phenoxy) is 1. The summed E-state index contributed by atoms with van der Waals surface area (Å²) in [4.78, 5) is 67.1. The summed E-state index contributed by atoms with van der Waals surface area (Å²) in [6.45, 7) is 8.61. The predicted molar refractivity (Wildman–Crippen MR) is 149 cm³/mol. The number of fused-ring (bicyclic) bond motifs is 2. The first-order chi connectivity index (χ1) is 19.2. The van der Waals surface area contributed by atoms with E-state index >= 15 is 0 Å². The quantitative estimate of drug-likeness (QED) is 0.466. The zero-order chi connectivity index (χ0) is 30.1. The minimum atomic E-state index is -1.44. The topological polar surface area (TPSA) is 160 Å². The van der Waals surface area contributed by atoms with Crippen molar-refractivity contribution in [2.45, 2.75) is 109 Å². The Kier molecular flexibility index (Phi) is 8.60. The first-order valence-electron chi connectivity index (χ1n) is 14.3. The summed E-state index contributed by atoms with van der Waals surface area (Å²) < 4.78 is 6.72. The standard InChI is InChI=1S/C29H41N5O7/c1-17-13-18(2)32-34(24(17)36)20-14-22-23(35)31-29(26(38)39)15-19(29)11-9-7-6-8-10-12-21(25(37)33(22)16-20)30-27(40)41-28(3,4)5/h9,11,13,19-22H,6-8,10,12,14-16H2,1-5H3,(H,30,40)(H,31,35)(H,38,39)/b11-9-/t19-,20-,21+,22+,29-/m1/s1. The van der Waals surface area contributed by atoms with Gasteiger partial charge in [0, 0.05) is 24.4 Å². The molecule has 0 radical (unpaired) electrons. The molecule has 5 atom stereocenters. The average Bonchev–Trinajstić information content (AvgIpc) is 3.38. The lowest BCUT2D eigenvalue weighted by Crippen LogP contribution is -2.56. The molecule has 1 saturated carbocycles. The van der Waals surface area contributed by atoms with E-state index < -0.39 is 53.1 Å². The van der Waals surface area contributed by atoms with Gasteiger partial charge in [0.05, 0.1) is 11.7 Å². The molecule has 0 bridgehead atoms. The van der Waals surface area contributed by atoms with Gasteiger partial charge < -0.3 is 25.4 Å². The van der Waals surface area contributed by atoms with Gasteiger partial charge >= 0.3 is 12.1 Å². The summed E-state index contributed by atoms with van der Waals surface area (Å²) in [5.74, 6) is -2.57.